The summed E-state index contributed by atoms with van der Waals surface area (Å²) in [5, 5.41) is -0.265. The molecule has 5 heteroatoms. The predicted octanol–water partition coefficient (Wildman–Crippen LogP) is -0.157. The van der Waals surface area contributed by atoms with Crippen molar-refractivity contribution in [2.45, 2.75) is 31.6 Å². The van der Waals surface area contributed by atoms with E-state index in [0.29, 0.717) is 6.54 Å². The summed E-state index contributed by atoms with van der Waals surface area (Å²) in [6.07, 6.45) is 0.988. The SMILES string of the molecule is CC(C)S(=O)(=O)CCN1CC[C@@H](N)C1. The lowest BCUT2D eigenvalue weighted by atomic mass is 10.3. The molecule has 1 fully saturated rings. The van der Waals surface area contributed by atoms with E-state index in [1.165, 1.54) is 0 Å². The molecule has 2 N–H and O–H groups in total. The lowest BCUT2D eigenvalue weighted by Crippen LogP contribution is -2.32. The highest BCUT2D eigenvalue weighted by Crippen LogP contribution is 2.08. The minimum absolute atomic E-state index is 0.233. The van der Waals surface area contributed by atoms with Crippen LogP contribution in [-0.4, -0.2) is 50.0 Å². The van der Waals surface area contributed by atoms with Crippen molar-refractivity contribution in [3.8, 4) is 0 Å². The Kier molecular flexibility index (Phi) is 3.92. The highest BCUT2D eigenvalue weighted by Gasteiger charge is 2.22. The van der Waals surface area contributed by atoms with Crippen LogP contribution in [0.4, 0.5) is 0 Å². The summed E-state index contributed by atoms with van der Waals surface area (Å²) < 4.78 is 23.0. The Bertz CT molecular complexity index is 275. The predicted molar refractivity (Wildman–Crippen MR) is 58.0 cm³/mol. The molecule has 0 amide bonds. The van der Waals surface area contributed by atoms with Gasteiger partial charge in [0, 0.05) is 19.1 Å². The second-order valence-electron chi connectivity index (χ2n) is 4.27. The van der Waals surface area contributed by atoms with Crippen LogP contribution in [0.25, 0.3) is 0 Å². The third kappa shape index (κ3) is 3.22. The molecular weight excluding hydrogens is 200 g/mol. The molecule has 4 nitrogen and oxygen atoms in total. The van der Waals surface area contributed by atoms with Crippen LogP contribution in [0.5, 0.6) is 0 Å². The van der Waals surface area contributed by atoms with Gasteiger partial charge in [0.05, 0.1) is 11.0 Å². The highest BCUT2D eigenvalue weighted by molar-refractivity contribution is 7.92. The van der Waals surface area contributed by atoms with Gasteiger partial charge in [-0.25, -0.2) is 8.42 Å². The Morgan fingerprint density at radius 1 is 1.50 bits per heavy atom. The molecule has 1 aliphatic rings. The average molecular weight is 220 g/mol. The van der Waals surface area contributed by atoms with Crippen molar-refractivity contribution in [2.75, 3.05) is 25.4 Å². The minimum atomic E-state index is -2.89. The topological polar surface area (TPSA) is 63.4 Å². The van der Waals surface area contributed by atoms with E-state index in [1.807, 2.05) is 0 Å². The first-order valence-electron chi connectivity index (χ1n) is 5.11. The van der Waals surface area contributed by atoms with E-state index < -0.39 is 9.84 Å². The van der Waals surface area contributed by atoms with E-state index >= 15 is 0 Å². The van der Waals surface area contributed by atoms with E-state index in [9.17, 15) is 8.42 Å². The Labute approximate surface area is 86.4 Å². The smallest absolute Gasteiger partial charge is 0.153 e. The molecule has 1 aliphatic heterocycles. The molecule has 0 aliphatic carbocycles. The van der Waals surface area contributed by atoms with Gasteiger partial charge in [-0.1, -0.05) is 0 Å². The average Bonchev–Trinajstić information content (AvgIpc) is 2.48. The minimum Gasteiger partial charge on any atom is -0.326 e. The number of nitrogens with zero attached hydrogens (tertiary/aromatic N) is 1. The number of rotatable bonds is 4. The van der Waals surface area contributed by atoms with Crippen molar-refractivity contribution < 1.29 is 8.42 Å². The molecule has 1 atom stereocenters. The number of sulfone groups is 1. The first-order valence-corrected chi connectivity index (χ1v) is 6.83. The molecule has 0 spiro atoms. The fourth-order valence-electron chi connectivity index (χ4n) is 1.56. The third-order valence-corrected chi connectivity index (χ3v) is 4.91. The quantitative estimate of drug-likeness (QED) is 0.715. The van der Waals surface area contributed by atoms with Crippen LogP contribution in [0.2, 0.25) is 0 Å². The number of hydrogen-bond donors (Lipinski definition) is 1. The van der Waals surface area contributed by atoms with Crippen LogP contribution in [0, 0.1) is 0 Å². The Hall–Kier alpha value is -0.130. The second kappa shape index (κ2) is 4.59. The maximum atomic E-state index is 11.5. The molecule has 0 aromatic rings. The third-order valence-electron chi connectivity index (χ3n) is 2.72. The zero-order valence-corrected chi connectivity index (χ0v) is 9.76. The van der Waals surface area contributed by atoms with Gasteiger partial charge in [-0.2, -0.15) is 0 Å². The Morgan fingerprint density at radius 2 is 2.14 bits per heavy atom. The summed E-state index contributed by atoms with van der Waals surface area (Å²) in [5.74, 6) is 0.261. The standard InChI is InChI=1S/C9H20N2O2S/c1-8(2)14(12,13)6-5-11-4-3-9(10)7-11/h8-9H,3-7,10H2,1-2H3/t9-/m1/s1. The first kappa shape index (κ1) is 11.9. The van der Waals surface area contributed by atoms with Gasteiger partial charge in [-0.15, -0.1) is 0 Å². The van der Waals surface area contributed by atoms with Gasteiger partial charge in [0.2, 0.25) is 0 Å². The molecule has 0 unspecified atom stereocenters. The molecular formula is C9H20N2O2S. The fraction of sp³-hybridized carbons (Fsp3) is 1.00. The first-order chi connectivity index (χ1) is 6.42. The van der Waals surface area contributed by atoms with Crippen molar-refractivity contribution in [3.63, 3.8) is 0 Å². The highest BCUT2D eigenvalue weighted by atomic mass is 32.2. The van der Waals surface area contributed by atoms with Crippen LogP contribution >= 0.6 is 0 Å². The van der Waals surface area contributed by atoms with Crippen LogP contribution in [0.3, 0.4) is 0 Å². The van der Waals surface area contributed by atoms with E-state index in [1.54, 1.807) is 13.8 Å². The van der Waals surface area contributed by atoms with E-state index in [4.69, 9.17) is 5.73 Å². The van der Waals surface area contributed by atoms with E-state index in [0.717, 1.165) is 19.5 Å². The van der Waals surface area contributed by atoms with E-state index in [-0.39, 0.29) is 17.0 Å². The maximum absolute atomic E-state index is 11.5. The van der Waals surface area contributed by atoms with Gasteiger partial charge in [-0.05, 0) is 26.8 Å². The maximum Gasteiger partial charge on any atom is 0.153 e. The fourth-order valence-corrected chi connectivity index (χ4v) is 2.54. The molecule has 0 aromatic carbocycles. The normalized spacial score (nSPS) is 24.7. The van der Waals surface area contributed by atoms with Crippen LogP contribution in [0.15, 0.2) is 0 Å². The van der Waals surface area contributed by atoms with Crippen molar-refractivity contribution in [3.05, 3.63) is 0 Å². The number of nitrogens with two attached hydrogens (primary N) is 1. The molecule has 0 radical (unpaired) electrons. The number of likely N-dealkylation sites (tertiary alicyclic amines) is 1. The van der Waals surface area contributed by atoms with Gasteiger partial charge in [0.1, 0.15) is 0 Å². The van der Waals surface area contributed by atoms with Crippen LogP contribution in [0.1, 0.15) is 20.3 Å². The number of hydrogen-bond acceptors (Lipinski definition) is 4. The molecule has 0 aromatic heterocycles. The van der Waals surface area contributed by atoms with E-state index in [2.05, 4.69) is 4.90 Å². The van der Waals surface area contributed by atoms with Crippen LogP contribution < -0.4 is 5.73 Å². The summed E-state index contributed by atoms with van der Waals surface area (Å²) in [7, 11) is -2.89. The zero-order valence-electron chi connectivity index (χ0n) is 8.94. The lowest BCUT2D eigenvalue weighted by Gasteiger charge is -2.15. The van der Waals surface area contributed by atoms with Gasteiger partial charge < -0.3 is 10.6 Å². The molecule has 14 heavy (non-hydrogen) atoms. The molecule has 84 valence electrons. The largest absolute Gasteiger partial charge is 0.326 e. The van der Waals surface area contributed by atoms with Gasteiger partial charge in [0.15, 0.2) is 9.84 Å². The lowest BCUT2D eigenvalue weighted by molar-refractivity contribution is 0.354. The molecule has 1 rings (SSSR count). The van der Waals surface area contributed by atoms with Crippen LogP contribution in [-0.2, 0) is 9.84 Å². The van der Waals surface area contributed by atoms with Gasteiger partial charge in [0.25, 0.3) is 0 Å². The van der Waals surface area contributed by atoms with Crippen molar-refractivity contribution in [1.82, 2.24) is 4.90 Å². The Balaban J connectivity index is 2.34. The molecule has 1 heterocycles. The van der Waals surface area contributed by atoms with Gasteiger partial charge in [-0.3, -0.25) is 0 Å². The Morgan fingerprint density at radius 3 is 2.57 bits per heavy atom. The molecule has 0 bridgehead atoms. The summed E-state index contributed by atoms with van der Waals surface area (Å²) in [5.41, 5.74) is 5.73. The summed E-state index contributed by atoms with van der Waals surface area (Å²) in [6, 6.07) is 0.233. The summed E-state index contributed by atoms with van der Waals surface area (Å²) >= 11 is 0. The van der Waals surface area contributed by atoms with Crippen molar-refractivity contribution in [1.29, 1.82) is 0 Å². The monoisotopic (exact) mass is 220 g/mol. The zero-order chi connectivity index (χ0) is 10.8. The summed E-state index contributed by atoms with van der Waals surface area (Å²) in [6.45, 7) is 5.87. The van der Waals surface area contributed by atoms with Crippen molar-refractivity contribution in [2.24, 2.45) is 5.73 Å². The summed E-state index contributed by atoms with van der Waals surface area (Å²) in [4.78, 5) is 2.13. The molecule has 1 saturated heterocycles. The molecule has 0 saturated carbocycles. The van der Waals surface area contributed by atoms with Gasteiger partial charge >= 0.3 is 0 Å². The van der Waals surface area contributed by atoms with Crippen molar-refractivity contribution >= 4 is 9.84 Å². The second-order valence-corrected chi connectivity index (χ2v) is 6.94.